The molecule has 2 amide bonds. The number of hydrogen-bond donors (Lipinski definition) is 2. The SMILES string of the molecule is Cc1ccc(-c2nc3ccccc3c(C(=O)OCC(=O)NNC(=O)c3ccc(Cl)cc3)c2C)cc1. The maximum atomic E-state index is 13.1. The molecule has 0 aliphatic carbocycles. The van der Waals surface area contributed by atoms with Gasteiger partial charge in [0.1, 0.15) is 0 Å². The van der Waals surface area contributed by atoms with Crippen LogP contribution in [0.25, 0.3) is 22.2 Å². The summed E-state index contributed by atoms with van der Waals surface area (Å²) in [5.74, 6) is -1.87. The molecule has 0 spiro atoms. The standard InChI is InChI=1S/C27H22ClN3O4/c1-16-7-9-18(10-8-16)25-17(2)24(21-5-3-4-6-22(21)29-25)27(34)35-15-23(32)30-31-26(33)19-11-13-20(28)14-12-19/h3-14H,15H2,1-2H3,(H,30,32)(H,31,33). The molecule has 1 heterocycles. The van der Waals surface area contributed by atoms with Crippen LogP contribution in [0.15, 0.2) is 72.8 Å². The fourth-order valence-electron chi connectivity index (χ4n) is 3.60. The number of aryl methyl sites for hydroxylation is 1. The smallest absolute Gasteiger partial charge is 0.339 e. The molecule has 0 saturated heterocycles. The van der Waals surface area contributed by atoms with E-state index in [1.165, 1.54) is 12.1 Å². The van der Waals surface area contributed by atoms with Crippen LogP contribution in [-0.2, 0) is 9.53 Å². The third kappa shape index (κ3) is 5.47. The Morgan fingerprint density at radius 1 is 0.886 bits per heavy atom. The molecule has 4 rings (SSSR count). The molecule has 0 radical (unpaired) electrons. The van der Waals surface area contributed by atoms with Crippen molar-refractivity contribution in [2.45, 2.75) is 13.8 Å². The number of nitrogens with zero attached hydrogens (tertiary/aromatic N) is 1. The summed E-state index contributed by atoms with van der Waals surface area (Å²) in [7, 11) is 0. The first kappa shape index (κ1) is 23.9. The van der Waals surface area contributed by atoms with Gasteiger partial charge in [-0.25, -0.2) is 9.78 Å². The molecule has 0 aliphatic heterocycles. The van der Waals surface area contributed by atoms with Crippen LogP contribution in [0.1, 0.15) is 31.8 Å². The second-order valence-corrected chi connectivity index (χ2v) is 8.37. The third-order valence-electron chi connectivity index (χ3n) is 5.42. The van der Waals surface area contributed by atoms with Gasteiger partial charge >= 0.3 is 5.97 Å². The molecule has 0 aliphatic rings. The predicted molar refractivity (Wildman–Crippen MR) is 134 cm³/mol. The van der Waals surface area contributed by atoms with Gasteiger partial charge in [-0.3, -0.25) is 20.4 Å². The number of amides is 2. The number of carbonyl (C=O) groups excluding carboxylic acids is 3. The van der Waals surface area contributed by atoms with Crippen molar-refractivity contribution in [1.29, 1.82) is 0 Å². The third-order valence-corrected chi connectivity index (χ3v) is 5.67. The second kappa shape index (κ2) is 10.4. The number of nitrogens with one attached hydrogen (secondary N) is 2. The zero-order valence-corrected chi connectivity index (χ0v) is 19.8. The maximum Gasteiger partial charge on any atom is 0.339 e. The van der Waals surface area contributed by atoms with Crippen LogP contribution in [0.3, 0.4) is 0 Å². The molecule has 176 valence electrons. The average Bonchev–Trinajstić information content (AvgIpc) is 2.86. The van der Waals surface area contributed by atoms with E-state index < -0.39 is 24.4 Å². The monoisotopic (exact) mass is 487 g/mol. The zero-order chi connectivity index (χ0) is 24.9. The van der Waals surface area contributed by atoms with Crippen LogP contribution in [0.5, 0.6) is 0 Å². The molecule has 0 saturated carbocycles. The van der Waals surface area contributed by atoms with Gasteiger partial charge in [0, 0.05) is 21.5 Å². The van der Waals surface area contributed by atoms with Crippen LogP contribution >= 0.6 is 11.6 Å². The lowest BCUT2D eigenvalue weighted by molar-refractivity contribution is -0.125. The number of ether oxygens (including phenoxy) is 1. The van der Waals surface area contributed by atoms with Gasteiger partial charge in [-0.15, -0.1) is 0 Å². The number of esters is 1. The number of halogens is 1. The van der Waals surface area contributed by atoms with E-state index in [9.17, 15) is 14.4 Å². The summed E-state index contributed by atoms with van der Waals surface area (Å²) in [5.41, 5.74) is 9.09. The van der Waals surface area contributed by atoms with Crippen molar-refractivity contribution >= 4 is 40.3 Å². The van der Waals surface area contributed by atoms with Gasteiger partial charge in [0.15, 0.2) is 6.61 Å². The lowest BCUT2D eigenvalue weighted by atomic mass is 9.97. The zero-order valence-electron chi connectivity index (χ0n) is 19.1. The van der Waals surface area contributed by atoms with Crippen LogP contribution in [-0.4, -0.2) is 29.4 Å². The lowest BCUT2D eigenvalue weighted by Crippen LogP contribution is -2.43. The molecule has 0 bridgehead atoms. The van der Waals surface area contributed by atoms with Crippen molar-refractivity contribution in [3.63, 3.8) is 0 Å². The molecule has 0 unspecified atom stereocenters. The molecule has 0 fully saturated rings. The predicted octanol–water partition coefficient (Wildman–Crippen LogP) is 4.79. The number of aromatic nitrogens is 1. The normalized spacial score (nSPS) is 10.6. The highest BCUT2D eigenvalue weighted by molar-refractivity contribution is 6.30. The van der Waals surface area contributed by atoms with Crippen LogP contribution in [0, 0.1) is 13.8 Å². The minimum absolute atomic E-state index is 0.314. The van der Waals surface area contributed by atoms with Gasteiger partial charge in [0.2, 0.25) is 0 Å². The first-order chi connectivity index (χ1) is 16.8. The molecule has 4 aromatic rings. The van der Waals surface area contributed by atoms with Gasteiger partial charge < -0.3 is 4.74 Å². The van der Waals surface area contributed by atoms with E-state index in [-0.39, 0.29) is 0 Å². The molecular weight excluding hydrogens is 466 g/mol. The highest BCUT2D eigenvalue weighted by Gasteiger charge is 2.21. The summed E-state index contributed by atoms with van der Waals surface area (Å²) in [4.78, 5) is 42.2. The van der Waals surface area contributed by atoms with E-state index in [0.717, 1.165) is 11.1 Å². The minimum Gasteiger partial charge on any atom is -0.452 e. The number of benzene rings is 3. The van der Waals surface area contributed by atoms with Crippen LogP contribution in [0.2, 0.25) is 5.02 Å². The Balaban J connectivity index is 1.49. The Morgan fingerprint density at radius 2 is 1.57 bits per heavy atom. The van der Waals surface area contributed by atoms with Crippen molar-refractivity contribution in [2.75, 3.05) is 6.61 Å². The van der Waals surface area contributed by atoms with Gasteiger partial charge in [0.05, 0.1) is 16.8 Å². The number of rotatable bonds is 5. The van der Waals surface area contributed by atoms with E-state index >= 15 is 0 Å². The van der Waals surface area contributed by atoms with Crippen molar-refractivity contribution in [2.24, 2.45) is 0 Å². The molecule has 1 aromatic heterocycles. The summed E-state index contributed by atoms with van der Waals surface area (Å²) in [6.07, 6.45) is 0. The highest BCUT2D eigenvalue weighted by Crippen LogP contribution is 2.30. The molecular formula is C27H22ClN3O4. The van der Waals surface area contributed by atoms with Crippen LogP contribution < -0.4 is 10.9 Å². The van der Waals surface area contributed by atoms with Crippen molar-refractivity contribution in [3.05, 3.63) is 100 Å². The Labute approximate surface area is 207 Å². The van der Waals surface area contributed by atoms with E-state index in [4.69, 9.17) is 21.3 Å². The molecule has 7 nitrogen and oxygen atoms in total. The Kier molecular flexibility index (Phi) is 7.08. The van der Waals surface area contributed by atoms with Gasteiger partial charge in [-0.2, -0.15) is 0 Å². The highest BCUT2D eigenvalue weighted by atomic mass is 35.5. The molecule has 2 N–H and O–H groups in total. The fraction of sp³-hybridized carbons (Fsp3) is 0.111. The van der Waals surface area contributed by atoms with Crippen molar-refractivity contribution in [3.8, 4) is 11.3 Å². The average molecular weight is 488 g/mol. The summed E-state index contributed by atoms with van der Waals surface area (Å²) in [6.45, 7) is 3.23. The fourth-order valence-corrected chi connectivity index (χ4v) is 3.73. The van der Waals surface area contributed by atoms with Crippen molar-refractivity contribution in [1.82, 2.24) is 15.8 Å². The molecule has 35 heavy (non-hydrogen) atoms. The summed E-state index contributed by atoms with van der Waals surface area (Å²) >= 11 is 5.81. The lowest BCUT2D eigenvalue weighted by Gasteiger charge is -2.14. The maximum absolute atomic E-state index is 13.1. The van der Waals surface area contributed by atoms with Gasteiger partial charge in [0.25, 0.3) is 11.8 Å². The molecule has 8 heteroatoms. The topological polar surface area (TPSA) is 97.4 Å². The van der Waals surface area contributed by atoms with E-state index in [1.807, 2.05) is 49.4 Å². The Hall–Kier alpha value is -4.23. The van der Waals surface area contributed by atoms with E-state index in [2.05, 4.69) is 10.9 Å². The largest absolute Gasteiger partial charge is 0.452 e. The second-order valence-electron chi connectivity index (χ2n) is 7.93. The number of carbonyl (C=O) groups is 3. The summed E-state index contributed by atoms with van der Waals surface area (Å²) in [5, 5.41) is 1.12. The van der Waals surface area contributed by atoms with Gasteiger partial charge in [-0.05, 0) is 49.7 Å². The first-order valence-corrected chi connectivity index (χ1v) is 11.2. The van der Waals surface area contributed by atoms with E-state index in [1.54, 1.807) is 25.1 Å². The Bertz CT molecular complexity index is 1420. The number of hydrazine groups is 1. The molecule has 3 aromatic carbocycles. The number of pyridine rings is 1. The number of fused-ring (bicyclic) bond motifs is 1. The summed E-state index contributed by atoms with van der Waals surface area (Å²) in [6, 6.07) is 21.3. The minimum atomic E-state index is -0.685. The number of para-hydroxylation sites is 1. The van der Waals surface area contributed by atoms with Crippen molar-refractivity contribution < 1.29 is 19.1 Å². The molecule has 0 atom stereocenters. The van der Waals surface area contributed by atoms with Gasteiger partial charge in [-0.1, -0.05) is 59.6 Å². The van der Waals surface area contributed by atoms with E-state index in [0.29, 0.717) is 38.3 Å². The quantitative estimate of drug-likeness (QED) is 0.311. The Morgan fingerprint density at radius 3 is 2.29 bits per heavy atom. The number of hydrogen-bond acceptors (Lipinski definition) is 5. The summed E-state index contributed by atoms with van der Waals surface area (Å²) < 4.78 is 5.30. The van der Waals surface area contributed by atoms with Crippen LogP contribution in [0.4, 0.5) is 0 Å². The first-order valence-electron chi connectivity index (χ1n) is 10.8.